The summed E-state index contributed by atoms with van der Waals surface area (Å²) in [5.41, 5.74) is 1.95. The molecule has 0 unspecified atom stereocenters. The largest absolute Gasteiger partial charge is 0.356 e. The van der Waals surface area contributed by atoms with Gasteiger partial charge in [0.05, 0.1) is 6.20 Å². The lowest BCUT2D eigenvalue weighted by Gasteiger charge is -1.86. The highest BCUT2D eigenvalue weighted by atomic mass is 16.5. The molecule has 2 heteroatoms. The summed E-state index contributed by atoms with van der Waals surface area (Å²) >= 11 is 0. The van der Waals surface area contributed by atoms with Crippen LogP contribution in [0.1, 0.15) is 5.56 Å². The molecule has 2 rings (SSSR count). The van der Waals surface area contributed by atoms with Crippen molar-refractivity contribution in [3.8, 4) is 0 Å². The molecule has 0 aliphatic carbocycles. The lowest BCUT2D eigenvalue weighted by molar-refractivity contribution is 0.456. The first kappa shape index (κ1) is 5.47. The van der Waals surface area contributed by atoms with Crippen molar-refractivity contribution < 1.29 is 4.52 Å². The third-order valence-corrected chi connectivity index (χ3v) is 1.41. The maximum atomic E-state index is 4.92. The predicted octanol–water partition coefficient (Wildman–Crippen LogP) is 1.94. The van der Waals surface area contributed by atoms with Gasteiger partial charge in [-0.3, -0.25) is 0 Å². The van der Waals surface area contributed by atoms with Gasteiger partial charge in [0.2, 0.25) is 0 Å². The molecule has 0 atom stereocenters. The number of hydrogen-bond donors (Lipinski definition) is 0. The lowest BCUT2D eigenvalue weighted by Crippen LogP contribution is -1.68. The molecular weight excluding hydrogens is 126 g/mol. The first-order valence-corrected chi connectivity index (χ1v) is 3.09. The predicted molar refractivity (Wildman–Crippen MR) is 37.6 cm³/mol. The molecule has 0 aliphatic heterocycles. The molecule has 2 nitrogen and oxygen atoms in total. The van der Waals surface area contributed by atoms with Gasteiger partial charge in [0, 0.05) is 5.39 Å². The number of aryl methyl sites for hydroxylation is 1. The number of aromatic nitrogens is 1. The second kappa shape index (κ2) is 1.84. The quantitative estimate of drug-likeness (QED) is 0.547. The van der Waals surface area contributed by atoms with Crippen LogP contribution in [0, 0.1) is 13.0 Å². The fraction of sp³-hybridized carbons (Fsp3) is 0.125. The summed E-state index contributed by atoms with van der Waals surface area (Å²) in [6.45, 7) is 2.00. The normalized spacial score (nSPS) is 10.5. The van der Waals surface area contributed by atoms with E-state index in [1.807, 2.05) is 19.1 Å². The van der Waals surface area contributed by atoms with Gasteiger partial charge < -0.3 is 4.52 Å². The third kappa shape index (κ3) is 0.692. The molecular formula is C8H6NO. The molecule has 0 saturated heterocycles. The van der Waals surface area contributed by atoms with Crippen LogP contribution in [0.25, 0.3) is 11.0 Å². The molecule has 0 fully saturated rings. The van der Waals surface area contributed by atoms with E-state index in [0.29, 0.717) is 0 Å². The minimum Gasteiger partial charge on any atom is -0.356 e. The molecule has 1 heterocycles. The number of nitrogens with zero attached hydrogens (tertiary/aromatic N) is 1. The van der Waals surface area contributed by atoms with Gasteiger partial charge in [0.15, 0.2) is 5.58 Å². The highest BCUT2D eigenvalue weighted by molar-refractivity contribution is 5.75. The summed E-state index contributed by atoms with van der Waals surface area (Å²) < 4.78 is 4.92. The summed E-state index contributed by atoms with van der Waals surface area (Å²) in [6.07, 6.45) is 1.66. The first-order chi connectivity index (χ1) is 4.86. The van der Waals surface area contributed by atoms with Crippen LogP contribution in [0.4, 0.5) is 0 Å². The van der Waals surface area contributed by atoms with Crippen LogP contribution in [0.5, 0.6) is 0 Å². The van der Waals surface area contributed by atoms with Gasteiger partial charge in [-0.05, 0) is 24.6 Å². The van der Waals surface area contributed by atoms with E-state index in [4.69, 9.17) is 4.52 Å². The highest BCUT2D eigenvalue weighted by Gasteiger charge is 1.95. The Bertz CT molecular complexity index is 351. The molecule has 0 aliphatic rings. The zero-order chi connectivity index (χ0) is 6.97. The molecule has 1 aromatic heterocycles. The second-order valence-corrected chi connectivity index (χ2v) is 2.28. The Labute approximate surface area is 58.4 Å². The van der Waals surface area contributed by atoms with Gasteiger partial charge >= 0.3 is 0 Å². The molecule has 2 aromatic rings. The van der Waals surface area contributed by atoms with Gasteiger partial charge in [0.1, 0.15) is 0 Å². The van der Waals surface area contributed by atoms with Crippen molar-refractivity contribution in [2.75, 3.05) is 0 Å². The van der Waals surface area contributed by atoms with E-state index in [2.05, 4.69) is 11.2 Å². The lowest BCUT2D eigenvalue weighted by atomic mass is 10.2. The van der Waals surface area contributed by atoms with E-state index in [-0.39, 0.29) is 0 Å². The summed E-state index contributed by atoms with van der Waals surface area (Å²) in [4.78, 5) is 0. The van der Waals surface area contributed by atoms with E-state index in [0.717, 1.165) is 16.5 Å². The van der Waals surface area contributed by atoms with Crippen molar-refractivity contribution >= 4 is 11.0 Å². The molecule has 0 amide bonds. The molecule has 0 spiro atoms. The van der Waals surface area contributed by atoms with Crippen LogP contribution in [0.2, 0.25) is 0 Å². The van der Waals surface area contributed by atoms with Crippen molar-refractivity contribution in [2.45, 2.75) is 6.92 Å². The topological polar surface area (TPSA) is 26.0 Å². The van der Waals surface area contributed by atoms with E-state index in [9.17, 15) is 0 Å². The number of hydrogen-bond acceptors (Lipinski definition) is 2. The number of benzene rings is 1. The Balaban J connectivity index is 2.86. The van der Waals surface area contributed by atoms with E-state index >= 15 is 0 Å². The monoisotopic (exact) mass is 132 g/mol. The van der Waals surface area contributed by atoms with E-state index in [1.54, 1.807) is 6.20 Å². The minimum absolute atomic E-state index is 0.806. The van der Waals surface area contributed by atoms with Crippen LogP contribution in [-0.4, -0.2) is 5.16 Å². The Morgan fingerprint density at radius 1 is 1.60 bits per heavy atom. The molecule has 0 N–H and O–H groups in total. The number of rotatable bonds is 0. The van der Waals surface area contributed by atoms with Crippen molar-refractivity contribution in [2.24, 2.45) is 0 Å². The maximum Gasteiger partial charge on any atom is 0.167 e. The van der Waals surface area contributed by atoms with Crippen molar-refractivity contribution in [3.05, 3.63) is 30.0 Å². The second-order valence-electron chi connectivity index (χ2n) is 2.28. The summed E-state index contributed by atoms with van der Waals surface area (Å²) in [5.74, 6) is 0. The zero-order valence-electron chi connectivity index (χ0n) is 5.59. The van der Waals surface area contributed by atoms with Crippen LogP contribution in [-0.2, 0) is 0 Å². The fourth-order valence-corrected chi connectivity index (χ4v) is 0.901. The third-order valence-electron chi connectivity index (χ3n) is 1.41. The highest BCUT2D eigenvalue weighted by Crippen LogP contribution is 2.13. The maximum absolute atomic E-state index is 4.92. The fourth-order valence-electron chi connectivity index (χ4n) is 0.901. The SMILES string of the molecule is Cc1c[c]c2cnoc2c1. The zero-order valence-corrected chi connectivity index (χ0v) is 5.59. The van der Waals surface area contributed by atoms with E-state index in [1.165, 1.54) is 0 Å². The Kier molecular flexibility index (Phi) is 1.01. The van der Waals surface area contributed by atoms with Gasteiger partial charge in [-0.25, -0.2) is 0 Å². The molecule has 10 heavy (non-hydrogen) atoms. The van der Waals surface area contributed by atoms with Gasteiger partial charge in [-0.15, -0.1) is 0 Å². The first-order valence-electron chi connectivity index (χ1n) is 3.09. The summed E-state index contributed by atoms with van der Waals surface area (Å²) in [6, 6.07) is 6.90. The molecule has 0 saturated carbocycles. The number of fused-ring (bicyclic) bond motifs is 1. The van der Waals surface area contributed by atoms with Crippen LogP contribution in [0.15, 0.2) is 22.9 Å². The summed E-state index contributed by atoms with van der Waals surface area (Å²) in [5, 5.41) is 4.57. The van der Waals surface area contributed by atoms with Gasteiger partial charge in [-0.2, -0.15) is 0 Å². The standard InChI is InChI=1S/C8H6NO/c1-6-2-3-7-5-9-10-8(7)4-6/h2,4-5H,1H3. The van der Waals surface area contributed by atoms with E-state index < -0.39 is 0 Å². The molecule has 1 aromatic carbocycles. The molecule has 0 bridgehead atoms. The van der Waals surface area contributed by atoms with Gasteiger partial charge in [-0.1, -0.05) is 11.2 Å². The van der Waals surface area contributed by atoms with Crippen LogP contribution >= 0.6 is 0 Å². The summed E-state index contributed by atoms with van der Waals surface area (Å²) in [7, 11) is 0. The van der Waals surface area contributed by atoms with Crippen molar-refractivity contribution in [1.82, 2.24) is 5.16 Å². The minimum atomic E-state index is 0.806. The Morgan fingerprint density at radius 2 is 2.50 bits per heavy atom. The average Bonchev–Trinajstić information content (AvgIpc) is 2.33. The van der Waals surface area contributed by atoms with Crippen LogP contribution < -0.4 is 0 Å². The molecule has 49 valence electrons. The van der Waals surface area contributed by atoms with Gasteiger partial charge in [0.25, 0.3) is 0 Å². The smallest absolute Gasteiger partial charge is 0.167 e. The van der Waals surface area contributed by atoms with Crippen molar-refractivity contribution in [1.29, 1.82) is 0 Å². The van der Waals surface area contributed by atoms with Crippen LogP contribution in [0.3, 0.4) is 0 Å². The Hall–Kier alpha value is -1.31. The average molecular weight is 132 g/mol. The molecule has 1 radical (unpaired) electrons. The Morgan fingerprint density at radius 3 is 3.40 bits per heavy atom. The van der Waals surface area contributed by atoms with Crippen molar-refractivity contribution in [3.63, 3.8) is 0 Å².